The highest BCUT2D eigenvalue weighted by Crippen LogP contribution is 2.39. The highest BCUT2D eigenvalue weighted by Gasteiger charge is 2.32. The number of thioether (sulfide) groups is 1. The number of Topliss-reactive ketones (excluding diaryl/α,β-unsaturated/α-hetero) is 1. The van der Waals surface area contributed by atoms with Gasteiger partial charge in [0.05, 0.1) is 18.4 Å². The van der Waals surface area contributed by atoms with Crippen LogP contribution in [0, 0.1) is 11.8 Å². The molecule has 2 rings (SSSR count). The van der Waals surface area contributed by atoms with E-state index in [0.717, 1.165) is 22.8 Å². The molecule has 0 aliphatic carbocycles. The standard InChI is InChI=1S/C13H15NO2S.C4H10/c1-8(15)12-11(7-17-13(12)14)9-3-5-10(16-2)6-4-9;1-4(2)3/h3-7,12-13H,14H2,1-2H3;4H,1-3H3. The first kappa shape index (κ1) is 17.8. The first-order valence-electron chi connectivity index (χ1n) is 7.12. The van der Waals surface area contributed by atoms with E-state index in [-0.39, 0.29) is 17.1 Å². The Hall–Kier alpha value is -1.26. The fourth-order valence-electron chi connectivity index (χ4n) is 1.96. The van der Waals surface area contributed by atoms with Crippen molar-refractivity contribution in [1.82, 2.24) is 0 Å². The molecule has 1 aromatic rings. The topological polar surface area (TPSA) is 52.3 Å². The van der Waals surface area contributed by atoms with Crippen molar-refractivity contribution in [1.29, 1.82) is 0 Å². The predicted molar refractivity (Wildman–Crippen MR) is 91.2 cm³/mol. The maximum Gasteiger partial charge on any atom is 0.139 e. The molecule has 1 aliphatic heterocycles. The van der Waals surface area contributed by atoms with Gasteiger partial charge in [-0.3, -0.25) is 4.79 Å². The maximum absolute atomic E-state index is 11.6. The number of ketones is 1. The van der Waals surface area contributed by atoms with E-state index in [1.807, 2.05) is 29.7 Å². The molecular formula is C17H25NO2S. The Bertz CT molecular complexity index is 491. The van der Waals surface area contributed by atoms with Crippen LogP contribution in [0.4, 0.5) is 0 Å². The lowest BCUT2D eigenvalue weighted by molar-refractivity contribution is -0.119. The van der Waals surface area contributed by atoms with Crippen LogP contribution in [0.5, 0.6) is 5.75 Å². The van der Waals surface area contributed by atoms with Gasteiger partial charge in [0.15, 0.2) is 0 Å². The van der Waals surface area contributed by atoms with E-state index >= 15 is 0 Å². The predicted octanol–water partition coefficient (Wildman–Crippen LogP) is 3.94. The van der Waals surface area contributed by atoms with Gasteiger partial charge >= 0.3 is 0 Å². The number of ether oxygens (including phenoxy) is 1. The maximum atomic E-state index is 11.6. The lowest BCUT2D eigenvalue weighted by atomic mass is 9.91. The molecule has 0 radical (unpaired) electrons. The summed E-state index contributed by atoms with van der Waals surface area (Å²) in [4.78, 5) is 11.6. The summed E-state index contributed by atoms with van der Waals surface area (Å²) in [6.45, 7) is 8.09. The Balaban J connectivity index is 0.000000491. The molecule has 116 valence electrons. The fraction of sp³-hybridized carbons (Fsp3) is 0.471. The van der Waals surface area contributed by atoms with Gasteiger partial charge in [0.25, 0.3) is 0 Å². The smallest absolute Gasteiger partial charge is 0.139 e. The Morgan fingerprint density at radius 1 is 1.24 bits per heavy atom. The van der Waals surface area contributed by atoms with Crippen molar-refractivity contribution in [2.45, 2.75) is 33.1 Å². The van der Waals surface area contributed by atoms with Crippen LogP contribution >= 0.6 is 11.8 Å². The molecule has 0 fully saturated rings. The van der Waals surface area contributed by atoms with Crippen molar-refractivity contribution in [2.24, 2.45) is 17.6 Å². The quantitative estimate of drug-likeness (QED) is 0.919. The highest BCUT2D eigenvalue weighted by atomic mass is 32.2. The molecule has 1 aliphatic rings. The number of hydrogen-bond acceptors (Lipinski definition) is 4. The molecule has 4 heteroatoms. The van der Waals surface area contributed by atoms with Gasteiger partial charge < -0.3 is 10.5 Å². The number of methoxy groups -OCH3 is 1. The third-order valence-corrected chi connectivity index (χ3v) is 3.85. The molecule has 0 bridgehead atoms. The SMILES string of the molecule is CC(C)C.COc1ccc(C2=CSC(N)C2C(C)=O)cc1. The van der Waals surface area contributed by atoms with Crippen LogP contribution in [0.2, 0.25) is 0 Å². The second kappa shape index (κ2) is 8.25. The Kier molecular flexibility index (Phi) is 6.99. The molecule has 0 saturated carbocycles. The van der Waals surface area contributed by atoms with Crippen molar-refractivity contribution in [2.75, 3.05) is 7.11 Å². The van der Waals surface area contributed by atoms with Gasteiger partial charge in [0.1, 0.15) is 11.5 Å². The monoisotopic (exact) mass is 307 g/mol. The zero-order valence-corrected chi connectivity index (χ0v) is 14.2. The van der Waals surface area contributed by atoms with E-state index in [0.29, 0.717) is 0 Å². The molecule has 1 aromatic carbocycles. The normalized spacial score (nSPS) is 20.6. The van der Waals surface area contributed by atoms with E-state index < -0.39 is 0 Å². The molecule has 21 heavy (non-hydrogen) atoms. The van der Waals surface area contributed by atoms with Crippen molar-refractivity contribution >= 4 is 23.1 Å². The number of nitrogens with two attached hydrogens (primary N) is 1. The third-order valence-electron chi connectivity index (χ3n) is 2.88. The summed E-state index contributed by atoms with van der Waals surface area (Å²) in [5.41, 5.74) is 7.97. The van der Waals surface area contributed by atoms with Gasteiger partial charge in [-0.05, 0) is 41.5 Å². The van der Waals surface area contributed by atoms with Crippen molar-refractivity contribution < 1.29 is 9.53 Å². The van der Waals surface area contributed by atoms with Crippen LogP contribution in [-0.2, 0) is 4.79 Å². The zero-order valence-electron chi connectivity index (χ0n) is 13.4. The lowest BCUT2D eigenvalue weighted by Gasteiger charge is -2.16. The summed E-state index contributed by atoms with van der Waals surface area (Å²) in [5.74, 6) is 1.56. The number of rotatable bonds is 3. The van der Waals surface area contributed by atoms with E-state index in [4.69, 9.17) is 10.5 Å². The van der Waals surface area contributed by atoms with Gasteiger partial charge in [-0.15, -0.1) is 11.8 Å². The van der Waals surface area contributed by atoms with Crippen molar-refractivity contribution in [3.8, 4) is 5.75 Å². The van der Waals surface area contributed by atoms with E-state index in [2.05, 4.69) is 20.8 Å². The van der Waals surface area contributed by atoms with Crippen LogP contribution < -0.4 is 10.5 Å². The summed E-state index contributed by atoms with van der Waals surface area (Å²) < 4.78 is 5.11. The molecule has 2 atom stereocenters. The minimum Gasteiger partial charge on any atom is -0.497 e. The zero-order chi connectivity index (χ0) is 16.0. The van der Waals surface area contributed by atoms with Crippen LogP contribution in [0.25, 0.3) is 5.57 Å². The molecule has 3 nitrogen and oxygen atoms in total. The Labute approximate surface area is 131 Å². The minimum absolute atomic E-state index is 0.115. The van der Waals surface area contributed by atoms with Crippen LogP contribution in [0.1, 0.15) is 33.3 Å². The largest absolute Gasteiger partial charge is 0.497 e. The number of hydrogen-bond donors (Lipinski definition) is 1. The minimum atomic E-state index is -0.201. The Morgan fingerprint density at radius 2 is 1.76 bits per heavy atom. The second-order valence-corrected chi connectivity index (χ2v) is 6.77. The van der Waals surface area contributed by atoms with Crippen LogP contribution in [0.15, 0.2) is 29.7 Å². The van der Waals surface area contributed by atoms with Gasteiger partial charge in [0.2, 0.25) is 0 Å². The summed E-state index contributed by atoms with van der Waals surface area (Å²) >= 11 is 1.51. The van der Waals surface area contributed by atoms with E-state index in [9.17, 15) is 4.79 Å². The average Bonchev–Trinajstić information content (AvgIpc) is 2.80. The van der Waals surface area contributed by atoms with E-state index in [1.165, 1.54) is 11.8 Å². The number of carbonyl (C=O) groups is 1. The first-order chi connectivity index (χ1) is 9.86. The third kappa shape index (κ3) is 5.21. The molecule has 0 amide bonds. The second-order valence-electron chi connectivity index (χ2n) is 5.72. The summed E-state index contributed by atoms with van der Waals surface area (Å²) in [6, 6.07) is 7.70. The number of carbonyl (C=O) groups excluding carboxylic acids is 1. The number of benzene rings is 1. The fourth-order valence-corrected chi connectivity index (χ4v) is 3.04. The first-order valence-corrected chi connectivity index (χ1v) is 8.07. The average molecular weight is 307 g/mol. The Morgan fingerprint density at radius 3 is 2.19 bits per heavy atom. The van der Waals surface area contributed by atoms with Crippen LogP contribution in [-0.4, -0.2) is 18.3 Å². The molecule has 0 spiro atoms. The van der Waals surface area contributed by atoms with Gasteiger partial charge in [-0.25, -0.2) is 0 Å². The molecule has 1 heterocycles. The molecule has 2 N–H and O–H groups in total. The molecule has 0 saturated heterocycles. The van der Waals surface area contributed by atoms with Crippen molar-refractivity contribution in [3.05, 3.63) is 35.2 Å². The summed E-state index contributed by atoms with van der Waals surface area (Å²) in [6.07, 6.45) is 0. The highest BCUT2D eigenvalue weighted by molar-refractivity contribution is 8.03. The molecular weight excluding hydrogens is 282 g/mol. The molecule has 2 unspecified atom stereocenters. The van der Waals surface area contributed by atoms with E-state index in [1.54, 1.807) is 14.0 Å². The lowest BCUT2D eigenvalue weighted by Crippen LogP contribution is -2.29. The summed E-state index contributed by atoms with van der Waals surface area (Å²) in [7, 11) is 1.63. The van der Waals surface area contributed by atoms with Gasteiger partial charge in [-0.1, -0.05) is 32.9 Å². The van der Waals surface area contributed by atoms with Crippen LogP contribution in [0.3, 0.4) is 0 Å². The molecule has 0 aromatic heterocycles. The summed E-state index contributed by atoms with van der Waals surface area (Å²) in [5, 5.41) is 1.82. The van der Waals surface area contributed by atoms with Gasteiger partial charge in [0, 0.05) is 0 Å². The van der Waals surface area contributed by atoms with Gasteiger partial charge in [-0.2, -0.15) is 0 Å². The van der Waals surface area contributed by atoms with Crippen molar-refractivity contribution in [3.63, 3.8) is 0 Å².